The Hall–Kier alpha value is -5.27. The van der Waals surface area contributed by atoms with Gasteiger partial charge in [-0.3, -0.25) is 19.3 Å². The number of aromatic nitrogens is 2. The summed E-state index contributed by atoms with van der Waals surface area (Å²) in [6.45, 7) is 16.2. The summed E-state index contributed by atoms with van der Waals surface area (Å²) >= 11 is 0. The molecule has 6 fully saturated rings. The largest absolute Gasteiger partial charge is 0.507 e. The number of nitrogens with zero attached hydrogens (tertiary/aromatic N) is 7. The maximum absolute atomic E-state index is 14.3. The Labute approximate surface area is 407 Å². The maximum Gasteiger partial charge on any atom is 0.246 e. The number of phenols is 1. The van der Waals surface area contributed by atoms with Gasteiger partial charge in [0.25, 0.3) is 0 Å². The maximum atomic E-state index is 14.3. The van der Waals surface area contributed by atoms with E-state index in [9.17, 15) is 24.6 Å². The number of aliphatic hydroxyl groups excluding tert-OH is 1. The van der Waals surface area contributed by atoms with E-state index in [4.69, 9.17) is 6.42 Å². The number of hydrogen-bond donors (Lipinski definition) is 5. The summed E-state index contributed by atoms with van der Waals surface area (Å²) in [5.74, 6) is 2.78. The Kier molecular flexibility index (Phi) is 13.2. The van der Waals surface area contributed by atoms with Crippen LogP contribution in [0.4, 0.5) is 11.5 Å². The highest BCUT2D eigenvalue weighted by Gasteiger charge is 2.57. The second-order valence-corrected chi connectivity index (χ2v) is 22.6. The molecule has 0 unspecified atom stereocenters. The van der Waals surface area contributed by atoms with Crippen molar-refractivity contribution in [1.29, 1.82) is 0 Å². The van der Waals surface area contributed by atoms with Gasteiger partial charge in [0.2, 0.25) is 17.7 Å². The molecule has 2 aliphatic carbocycles. The smallest absolute Gasteiger partial charge is 0.246 e. The Bertz CT molecular complexity index is 2410. The van der Waals surface area contributed by atoms with Gasteiger partial charge < -0.3 is 45.8 Å². The predicted octanol–water partition coefficient (Wildman–Crippen LogP) is 4.60. The summed E-state index contributed by atoms with van der Waals surface area (Å²) in [6.07, 6.45) is 13.7. The Morgan fingerprint density at radius 3 is 2.14 bits per heavy atom. The molecule has 368 valence electrons. The first-order valence-corrected chi connectivity index (χ1v) is 25.7. The third-order valence-electron chi connectivity index (χ3n) is 17.1. The first-order chi connectivity index (χ1) is 33.1. The minimum absolute atomic E-state index is 0.0461. The van der Waals surface area contributed by atoms with Crippen molar-refractivity contribution in [3.63, 3.8) is 0 Å². The molecule has 1 spiro atoms. The number of nitrogens with one attached hydrogen (secondary N) is 3. The fourth-order valence-electron chi connectivity index (χ4n) is 13.0. The molecule has 1 aromatic heterocycles. The summed E-state index contributed by atoms with van der Waals surface area (Å²) in [7, 11) is 0. The summed E-state index contributed by atoms with van der Waals surface area (Å²) in [5, 5.41) is 39.8. The average Bonchev–Trinajstić information content (AvgIpc) is 3.73. The van der Waals surface area contributed by atoms with Crippen molar-refractivity contribution in [3.05, 3.63) is 65.7 Å². The van der Waals surface area contributed by atoms with Crippen LogP contribution < -0.4 is 20.9 Å². The normalized spacial score (nSPS) is 28.8. The topological polar surface area (TPSA) is 170 Å². The number of para-hydroxylation sites is 1. The highest BCUT2D eigenvalue weighted by molar-refractivity contribution is 5.94. The quantitative estimate of drug-likeness (QED) is 0.180. The summed E-state index contributed by atoms with van der Waals surface area (Å²) in [5.41, 5.74) is 3.73. The molecule has 6 heterocycles. The molecule has 69 heavy (non-hydrogen) atoms. The second kappa shape index (κ2) is 19.1. The molecule has 3 amide bonds. The van der Waals surface area contributed by atoms with E-state index in [2.05, 4.69) is 57.7 Å². The van der Waals surface area contributed by atoms with Crippen molar-refractivity contribution < 1.29 is 24.6 Å². The molecule has 15 nitrogen and oxygen atoms in total. The monoisotopic (exact) mass is 941 g/mol. The molecule has 4 saturated heterocycles. The lowest BCUT2D eigenvalue weighted by molar-refractivity contribution is -0.150. The number of rotatable bonds is 10. The van der Waals surface area contributed by atoms with Crippen LogP contribution >= 0.6 is 0 Å². The third kappa shape index (κ3) is 9.66. The van der Waals surface area contributed by atoms with Crippen molar-refractivity contribution in [2.45, 2.75) is 134 Å². The molecular weight excluding hydrogens is 869 g/mol. The van der Waals surface area contributed by atoms with Gasteiger partial charge in [-0.15, -0.1) is 16.6 Å². The lowest BCUT2D eigenvalue weighted by atomic mass is 9.49. The van der Waals surface area contributed by atoms with E-state index in [0.717, 1.165) is 101 Å². The number of terminal acetylenes is 1. The molecular formula is C54H72N10O5. The fraction of sp³-hybridized carbons (Fsp3) is 0.611. The molecule has 15 heteroatoms. The SMILES string of the molecule is C#Cc1ccc([C@H](C)NC(=O)[C@@H]2C[C@@H](O)CN2C(=O)[C@@H](NC(=O)[C@H]2CC3(C2)C[C@H](N2CCC(N4CCC(N5CCN6c7cc(-c8ccccc8O)nnc7NC[C@H]6C5)CC4)CC2)C3)C(C)(C)C)cc1. The van der Waals surface area contributed by atoms with Crippen LogP contribution in [0.1, 0.15) is 103 Å². The Morgan fingerprint density at radius 2 is 1.48 bits per heavy atom. The van der Waals surface area contributed by atoms with Crippen LogP contribution in [0.2, 0.25) is 0 Å². The number of piperidine rings is 2. The van der Waals surface area contributed by atoms with Crippen LogP contribution in [-0.2, 0) is 14.4 Å². The number of β-amino-alcohol motifs (C(OH)–C–C–N with tert-alkyl or cyclic N) is 1. The lowest BCUT2D eigenvalue weighted by Gasteiger charge is -2.60. The van der Waals surface area contributed by atoms with Crippen LogP contribution in [0.3, 0.4) is 0 Å². The number of hydrogen-bond acceptors (Lipinski definition) is 12. The number of likely N-dealkylation sites (tertiary alicyclic amines) is 3. The van der Waals surface area contributed by atoms with Crippen LogP contribution in [0, 0.1) is 29.1 Å². The molecule has 5 N–H and O–H groups in total. The minimum atomic E-state index is -0.837. The van der Waals surface area contributed by atoms with Crippen molar-refractivity contribution in [1.82, 2.24) is 40.4 Å². The van der Waals surface area contributed by atoms with E-state index in [0.29, 0.717) is 35.4 Å². The lowest BCUT2D eigenvalue weighted by Crippen LogP contribution is -2.63. The van der Waals surface area contributed by atoms with Crippen molar-refractivity contribution in [2.24, 2.45) is 16.7 Å². The first kappa shape index (κ1) is 47.4. The number of anilines is 2. The standard InChI is InChI=1S/C54H72N10O5/c1-6-35-11-13-36(14-12-35)34(2)56-51(68)46-25-42(65)33-64(46)52(69)48(53(3,4)5)57-50(67)37-27-54(28-37)29-40(30-54)61-21-15-38(16-22-61)60-19-17-39(18-20-60)62-23-24-63-41(32-62)31-55-49-45(63)26-44(58-59-49)43-9-7-8-10-47(43)66/h1,7-14,26,34,37-42,46,48,65-66H,15-25,27-33H2,2-5H3,(H,55,59)(H,56,68)(H,57,67)/t34-,37-,40-,41-,42+,46-,48+,54?/m0/s1. The fourth-order valence-corrected chi connectivity index (χ4v) is 13.0. The number of piperazine rings is 1. The second-order valence-electron chi connectivity index (χ2n) is 22.6. The van der Waals surface area contributed by atoms with Crippen LogP contribution in [0.15, 0.2) is 54.6 Å². The van der Waals surface area contributed by atoms with Crippen LogP contribution in [-0.4, -0.2) is 159 Å². The number of benzene rings is 2. The number of aliphatic hydroxyl groups is 1. The molecule has 3 aromatic rings. The van der Waals surface area contributed by atoms with E-state index >= 15 is 0 Å². The van der Waals surface area contributed by atoms with Gasteiger partial charge in [0.05, 0.1) is 29.6 Å². The highest BCUT2D eigenvalue weighted by Crippen LogP contribution is 2.60. The third-order valence-corrected chi connectivity index (χ3v) is 17.1. The number of carbonyl (C=O) groups excluding carboxylic acids is 3. The van der Waals surface area contributed by atoms with Gasteiger partial charge in [0.15, 0.2) is 5.82 Å². The zero-order valence-electron chi connectivity index (χ0n) is 40.9. The van der Waals surface area contributed by atoms with Gasteiger partial charge in [-0.25, -0.2) is 0 Å². The van der Waals surface area contributed by atoms with E-state index in [1.807, 2.05) is 70.2 Å². The Morgan fingerprint density at radius 1 is 0.812 bits per heavy atom. The average molecular weight is 941 g/mol. The van der Waals surface area contributed by atoms with E-state index in [1.165, 1.54) is 30.6 Å². The molecule has 0 radical (unpaired) electrons. The molecule has 5 atom stereocenters. The van der Waals surface area contributed by atoms with Crippen molar-refractivity contribution in [3.8, 4) is 29.4 Å². The minimum Gasteiger partial charge on any atom is -0.507 e. The molecule has 0 bridgehead atoms. The van der Waals surface area contributed by atoms with Gasteiger partial charge in [-0.05, 0) is 131 Å². The summed E-state index contributed by atoms with van der Waals surface area (Å²) in [6, 6.07) is 17.0. The molecule has 2 aromatic carbocycles. The van der Waals surface area contributed by atoms with E-state index < -0.39 is 23.6 Å². The number of carbonyl (C=O) groups is 3. The zero-order valence-corrected chi connectivity index (χ0v) is 40.9. The van der Waals surface area contributed by atoms with Crippen molar-refractivity contribution in [2.75, 3.05) is 69.1 Å². The van der Waals surface area contributed by atoms with Crippen LogP contribution in [0.5, 0.6) is 5.75 Å². The number of phenolic OH excluding ortho intramolecular Hbond substituents is 1. The molecule has 5 aliphatic heterocycles. The number of aromatic hydroxyl groups is 1. The number of amides is 3. The summed E-state index contributed by atoms with van der Waals surface area (Å²) in [4.78, 5) is 53.9. The Balaban J connectivity index is 0.649. The van der Waals surface area contributed by atoms with E-state index in [1.54, 1.807) is 6.07 Å². The first-order valence-electron chi connectivity index (χ1n) is 25.7. The van der Waals surface area contributed by atoms with Crippen molar-refractivity contribution >= 4 is 29.2 Å². The van der Waals surface area contributed by atoms with Gasteiger partial charge in [0, 0.05) is 74.3 Å². The molecule has 2 saturated carbocycles. The van der Waals surface area contributed by atoms with E-state index in [-0.39, 0.29) is 53.8 Å². The van der Waals surface area contributed by atoms with Gasteiger partial charge in [-0.1, -0.05) is 51.0 Å². The van der Waals surface area contributed by atoms with Crippen LogP contribution in [0.25, 0.3) is 11.3 Å². The van der Waals surface area contributed by atoms with Gasteiger partial charge in [-0.2, -0.15) is 0 Å². The molecule has 10 rings (SSSR count). The summed E-state index contributed by atoms with van der Waals surface area (Å²) < 4.78 is 0. The predicted molar refractivity (Wildman–Crippen MR) is 266 cm³/mol. The highest BCUT2D eigenvalue weighted by atomic mass is 16.3. The number of fused-ring (bicyclic) bond motifs is 3. The molecule has 7 aliphatic rings. The van der Waals surface area contributed by atoms with Gasteiger partial charge >= 0.3 is 0 Å². The van der Waals surface area contributed by atoms with Gasteiger partial charge in [0.1, 0.15) is 17.8 Å². The zero-order chi connectivity index (χ0) is 48.2.